The second-order valence-electron chi connectivity index (χ2n) is 22.5. The molecule has 0 atom stereocenters. The van der Waals surface area contributed by atoms with Crippen molar-refractivity contribution >= 4 is 144 Å². The summed E-state index contributed by atoms with van der Waals surface area (Å²) >= 11 is 5.73. The van der Waals surface area contributed by atoms with Gasteiger partial charge in [-0.05, 0) is 185 Å². The van der Waals surface area contributed by atoms with Crippen molar-refractivity contribution in [3.63, 3.8) is 0 Å². The molecule has 3 aromatic heterocycles. The number of H-pyrrole nitrogens is 2. The van der Waals surface area contributed by atoms with Gasteiger partial charge >= 0.3 is 0 Å². The van der Waals surface area contributed by atoms with Crippen molar-refractivity contribution in [2.45, 2.75) is 136 Å². The Morgan fingerprint density at radius 2 is 0.565 bits per heavy atom. The van der Waals surface area contributed by atoms with E-state index < -0.39 is 0 Å². The largest absolute Gasteiger partial charge is 0.354 e. The van der Waals surface area contributed by atoms with Crippen LogP contribution in [0, 0.1) is 0 Å². The number of aromatic amines is 2. The van der Waals surface area contributed by atoms with Gasteiger partial charge in [0.25, 0.3) is 0 Å². The van der Waals surface area contributed by atoms with E-state index in [0.717, 1.165) is 101 Å². The van der Waals surface area contributed by atoms with Crippen LogP contribution >= 0.6 is 35.3 Å². The van der Waals surface area contributed by atoms with Gasteiger partial charge in [-0.15, -0.1) is 0 Å². The molecule has 14 rings (SSSR count). The number of benzene rings is 9. The Labute approximate surface area is 511 Å². The van der Waals surface area contributed by atoms with Gasteiger partial charge in [0.1, 0.15) is 0 Å². The minimum Gasteiger partial charge on any atom is -0.354 e. The number of hydrogen-bond acceptors (Lipinski definition) is 5. The summed E-state index contributed by atoms with van der Waals surface area (Å²) in [6, 6.07) is 63.3. The van der Waals surface area contributed by atoms with E-state index in [-0.39, 0.29) is 0 Å². The fraction of sp³-hybridized carbons (Fsp3) is 0.205. The number of allylic oxidation sites excluding steroid dienone is 4. The summed E-state index contributed by atoms with van der Waals surface area (Å²) in [5.41, 5.74) is 19.4. The van der Waals surface area contributed by atoms with Crippen molar-refractivity contribution in [1.82, 2.24) is 19.9 Å². The Bertz CT molecular complexity index is 4690. The van der Waals surface area contributed by atoms with Gasteiger partial charge in [-0.2, -0.15) is 0 Å². The molecule has 420 valence electrons. The Hall–Kier alpha value is -7.81. The van der Waals surface area contributed by atoms with Crippen molar-refractivity contribution in [2.24, 2.45) is 0 Å². The predicted molar refractivity (Wildman–Crippen MR) is 370 cm³/mol. The number of nitrogens with one attached hydrogen (secondary N) is 2. The molecule has 85 heavy (non-hydrogen) atoms. The molecule has 2 aliphatic rings. The van der Waals surface area contributed by atoms with Gasteiger partial charge in [-0.1, -0.05) is 236 Å². The number of aryl methyl sites for hydroxylation is 4. The van der Waals surface area contributed by atoms with Crippen LogP contribution in [0.3, 0.4) is 0 Å². The van der Waals surface area contributed by atoms with Crippen molar-refractivity contribution < 1.29 is 0 Å². The summed E-state index contributed by atoms with van der Waals surface area (Å²) < 4.78 is 0. The molecule has 5 heterocycles. The van der Waals surface area contributed by atoms with Crippen LogP contribution in [0.1, 0.15) is 126 Å². The van der Waals surface area contributed by atoms with E-state index in [2.05, 4.69) is 235 Å². The number of fused-ring (bicyclic) bond motifs is 14. The summed E-state index contributed by atoms with van der Waals surface area (Å²) in [6.07, 6.45) is 6.76. The van der Waals surface area contributed by atoms with E-state index in [0.29, 0.717) is 0 Å². The van der Waals surface area contributed by atoms with Crippen LogP contribution in [0.25, 0.3) is 109 Å². The molecule has 0 saturated carbocycles. The second kappa shape index (κ2) is 22.9. The summed E-state index contributed by atoms with van der Waals surface area (Å²) in [7, 11) is 0. The molecule has 4 nitrogen and oxygen atoms in total. The summed E-state index contributed by atoms with van der Waals surface area (Å²) in [4.78, 5) is 28.3. The molecular weight excluding hydrogens is 1090 g/mol. The van der Waals surface area contributed by atoms with Crippen LogP contribution in [-0.4, -0.2) is 19.9 Å². The van der Waals surface area contributed by atoms with E-state index in [4.69, 9.17) is 9.97 Å². The van der Waals surface area contributed by atoms with E-state index >= 15 is 0 Å². The number of nitrogens with zero attached hydrogens (tertiary/aromatic N) is 2. The summed E-state index contributed by atoms with van der Waals surface area (Å²) in [6.45, 7) is 18.8. The SMILES string of the molecule is CCC1=C(CC)c2nc1cc1[nH]c(c(CC)c1CC)c(Sc1c3ccccc3cc3ccccc13)c1nc(c(Sc3c4ccccc4cc4ccccc34)c3[nH]c(c(CC)c3CC)c2Sc2c3ccccc3cc3ccccc23)C(CC)=C1CC. The number of hydrogen-bond donors (Lipinski definition) is 2. The van der Waals surface area contributed by atoms with Crippen LogP contribution in [0.2, 0.25) is 0 Å². The minimum absolute atomic E-state index is 0.822. The monoisotopic (exact) mass is 1160 g/mol. The maximum absolute atomic E-state index is 6.32. The molecule has 0 spiro atoms. The van der Waals surface area contributed by atoms with Crippen molar-refractivity contribution in [3.8, 4) is 0 Å². The lowest BCUT2D eigenvalue weighted by Crippen LogP contribution is -1.93. The summed E-state index contributed by atoms with van der Waals surface area (Å²) in [5, 5.41) is 14.9. The van der Waals surface area contributed by atoms with Crippen molar-refractivity contribution in [2.75, 3.05) is 0 Å². The maximum Gasteiger partial charge on any atom is 0.0833 e. The van der Waals surface area contributed by atoms with E-state index in [1.165, 1.54) is 134 Å². The van der Waals surface area contributed by atoms with E-state index in [1.807, 2.05) is 35.3 Å². The first-order valence-electron chi connectivity index (χ1n) is 30.9. The zero-order chi connectivity index (χ0) is 58.0. The average Bonchev–Trinajstić information content (AvgIpc) is 3.62. The van der Waals surface area contributed by atoms with Gasteiger partial charge in [0.15, 0.2) is 0 Å². The molecule has 7 heteroatoms. The quantitative estimate of drug-likeness (QED) is 0.106. The molecule has 2 aliphatic heterocycles. The Morgan fingerprint density at radius 3 is 0.882 bits per heavy atom. The van der Waals surface area contributed by atoms with Crippen LogP contribution in [0.5, 0.6) is 0 Å². The third kappa shape index (κ3) is 9.14. The molecular formula is C78H70N4S3. The second-order valence-corrected chi connectivity index (χ2v) is 25.5. The Morgan fingerprint density at radius 1 is 0.282 bits per heavy atom. The Balaban J connectivity index is 1.22. The van der Waals surface area contributed by atoms with Gasteiger partial charge in [0.2, 0.25) is 0 Å². The highest BCUT2D eigenvalue weighted by Gasteiger charge is 2.31. The van der Waals surface area contributed by atoms with Gasteiger partial charge in [-0.25, -0.2) is 9.97 Å². The first kappa shape index (κ1) is 55.1. The highest BCUT2D eigenvalue weighted by molar-refractivity contribution is 8.00. The zero-order valence-corrected chi connectivity index (χ0v) is 52.4. The molecule has 0 unspecified atom stereocenters. The Kier molecular flexibility index (Phi) is 14.8. The summed E-state index contributed by atoms with van der Waals surface area (Å²) in [5.74, 6) is 0. The standard InChI is InChI=1S/C78H70N4S3/c1-9-51-53(11-3)67-76(83-73-59-35-23-17-29-45(59)41-46-30-18-24-36-60(46)73)69-55(13-5)57(15-7)71(81-69)78(85-75-63-39-27-21-33-49(63)43-50-34-22-28-40-64(50)75)72-58(16-8)56(14-6)70(82-72)77(68-54(12-4)52(10-2)66(80-68)44-65(51)79-67)84-74-61-37-25-19-31-47(61)42-48-32-20-26-38-62(48)74/h17-44,79,82H,9-16H2,1-8H3. The average molecular weight is 1160 g/mol. The van der Waals surface area contributed by atoms with Gasteiger partial charge in [0.05, 0.1) is 54.0 Å². The molecule has 9 aromatic carbocycles. The molecule has 12 aromatic rings. The molecule has 0 fully saturated rings. The first-order chi connectivity index (χ1) is 41.8. The molecule has 0 radical (unpaired) electrons. The normalized spacial score (nSPS) is 12.9. The predicted octanol–water partition coefficient (Wildman–Crippen LogP) is 23.4. The van der Waals surface area contributed by atoms with E-state index in [9.17, 15) is 0 Å². The highest BCUT2D eigenvalue weighted by atomic mass is 32.2. The van der Waals surface area contributed by atoms with Crippen molar-refractivity contribution in [1.29, 1.82) is 0 Å². The minimum atomic E-state index is 0.822. The lowest BCUT2D eigenvalue weighted by atomic mass is 9.98. The number of rotatable bonds is 14. The highest BCUT2D eigenvalue weighted by Crippen LogP contribution is 2.53. The third-order valence-corrected chi connectivity index (χ3v) is 21.8. The van der Waals surface area contributed by atoms with Gasteiger partial charge in [0, 0.05) is 20.2 Å². The topological polar surface area (TPSA) is 57.4 Å². The lowest BCUT2D eigenvalue weighted by Gasteiger charge is -2.14. The fourth-order valence-corrected chi connectivity index (χ4v) is 18.1. The van der Waals surface area contributed by atoms with Crippen LogP contribution in [0.15, 0.2) is 199 Å². The van der Waals surface area contributed by atoms with Crippen molar-refractivity contribution in [3.05, 3.63) is 215 Å². The van der Waals surface area contributed by atoms with Gasteiger partial charge < -0.3 is 9.97 Å². The molecule has 0 aliphatic carbocycles. The van der Waals surface area contributed by atoms with E-state index in [1.54, 1.807) is 0 Å². The molecule has 0 amide bonds. The van der Waals surface area contributed by atoms with Crippen LogP contribution in [-0.2, 0) is 25.7 Å². The molecule has 2 N–H and O–H groups in total. The van der Waals surface area contributed by atoms with Crippen LogP contribution in [0.4, 0.5) is 0 Å². The van der Waals surface area contributed by atoms with Gasteiger partial charge in [-0.3, -0.25) is 0 Å². The lowest BCUT2D eigenvalue weighted by molar-refractivity contribution is 1.06. The first-order valence-corrected chi connectivity index (χ1v) is 33.3. The molecule has 0 saturated heterocycles. The van der Waals surface area contributed by atoms with Crippen LogP contribution < -0.4 is 0 Å². The fourth-order valence-electron chi connectivity index (χ4n) is 14.1. The maximum atomic E-state index is 6.32. The third-order valence-electron chi connectivity index (χ3n) is 18.0. The smallest absolute Gasteiger partial charge is 0.0833 e. The molecule has 8 bridgehead atoms. The number of aromatic nitrogens is 4. The zero-order valence-electron chi connectivity index (χ0n) is 49.9.